The van der Waals surface area contributed by atoms with Crippen molar-refractivity contribution in [2.24, 2.45) is 17.8 Å². The van der Waals surface area contributed by atoms with Crippen molar-refractivity contribution in [2.45, 2.75) is 40.7 Å². The maximum Gasteiger partial charge on any atom is 0.235 e. The number of carbonyl (C=O) groups excluding carboxylic acids is 2. The van der Waals surface area contributed by atoms with Gasteiger partial charge in [-0.2, -0.15) is 0 Å². The molecule has 0 aliphatic heterocycles. The van der Waals surface area contributed by atoms with E-state index in [0.29, 0.717) is 37.9 Å². The Labute approximate surface area is 187 Å². The van der Waals surface area contributed by atoms with E-state index in [9.17, 15) is 9.59 Å². The lowest BCUT2D eigenvalue weighted by Gasteiger charge is -2.29. The van der Waals surface area contributed by atoms with Crippen LogP contribution in [0.3, 0.4) is 0 Å². The van der Waals surface area contributed by atoms with Crippen LogP contribution in [0, 0.1) is 17.8 Å². The second kappa shape index (κ2) is 10.6. The molecular weight excluding hydrogens is 410 g/mol. The molecule has 3 aromatic rings. The first-order valence-corrected chi connectivity index (χ1v) is 11.6. The molecular formula is C24H31N3O3S. The number of carbonyl (C=O) groups is 2. The average Bonchev–Trinajstić information content (AvgIpc) is 3.39. The normalized spacial score (nSPS) is 12.5. The number of benzene rings is 1. The summed E-state index contributed by atoms with van der Waals surface area (Å²) in [5.41, 5.74) is 3.51. The van der Waals surface area contributed by atoms with E-state index in [0.717, 1.165) is 21.4 Å². The number of rotatable bonds is 10. The van der Waals surface area contributed by atoms with Gasteiger partial charge in [-0.1, -0.05) is 33.8 Å². The largest absolute Gasteiger partial charge is 0.464 e. The van der Waals surface area contributed by atoms with Gasteiger partial charge < -0.3 is 14.6 Å². The standard InChI is InChI=1S/C24H31N3O3S/c1-16(2)13-27(14-17(3)4)24(29)21(10-20-12-25-15-31-20)23(28)26-11-18-5-6-22-19(9-18)7-8-30-22/h5-9,12,15-17,21H,10-11,13-14H2,1-4H3,(H,26,28). The molecule has 0 saturated carbocycles. The molecule has 0 bridgehead atoms. The predicted molar refractivity (Wildman–Crippen MR) is 124 cm³/mol. The van der Waals surface area contributed by atoms with Gasteiger partial charge >= 0.3 is 0 Å². The number of fused-ring (bicyclic) bond motifs is 1. The molecule has 1 aromatic carbocycles. The highest BCUT2D eigenvalue weighted by Gasteiger charge is 2.32. The Balaban J connectivity index is 1.75. The lowest BCUT2D eigenvalue weighted by atomic mass is 9.99. The lowest BCUT2D eigenvalue weighted by molar-refractivity contribution is -0.143. The Morgan fingerprint density at radius 2 is 1.87 bits per heavy atom. The zero-order valence-corrected chi connectivity index (χ0v) is 19.4. The number of nitrogens with one attached hydrogen (secondary N) is 1. The molecule has 2 heterocycles. The zero-order chi connectivity index (χ0) is 22.4. The maximum absolute atomic E-state index is 13.5. The molecule has 7 heteroatoms. The van der Waals surface area contributed by atoms with Crippen LogP contribution in [-0.2, 0) is 22.6 Å². The van der Waals surface area contributed by atoms with Crippen molar-refractivity contribution in [3.63, 3.8) is 0 Å². The van der Waals surface area contributed by atoms with E-state index in [1.807, 2.05) is 29.2 Å². The Morgan fingerprint density at radius 1 is 1.13 bits per heavy atom. The third kappa shape index (κ3) is 6.40. The SMILES string of the molecule is CC(C)CN(CC(C)C)C(=O)C(Cc1cncs1)C(=O)NCc1ccc2occc2c1. The summed E-state index contributed by atoms with van der Waals surface area (Å²) in [6.45, 7) is 9.99. The lowest BCUT2D eigenvalue weighted by Crippen LogP contribution is -2.46. The molecule has 6 nitrogen and oxygen atoms in total. The summed E-state index contributed by atoms with van der Waals surface area (Å²) in [5, 5.41) is 3.97. The molecule has 0 aliphatic carbocycles. The molecule has 0 fully saturated rings. The van der Waals surface area contributed by atoms with Crippen molar-refractivity contribution in [1.29, 1.82) is 0 Å². The van der Waals surface area contributed by atoms with Crippen LogP contribution in [0.1, 0.15) is 38.1 Å². The number of aromatic nitrogens is 1. The van der Waals surface area contributed by atoms with E-state index in [-0.39, 0.29) is 11.8 Å². The minimum atomic E-state index is -0.768. The van der Waals surface area contributed by atoms with E-state index in [1.165, 1.54) is 11.3 Å². The molecule has 1 atom stereocenters. The number of furan rings is 1. The van der Waals surface area contributed by atoms with Crippen LogP contribution in [0.4, 0.5) is 0 Å². The molecule has 0 saturated heterocycles. The quantitative estimate of drug-likeness (QED) is 0.470. The second-order valence-electron chi connectivity index (χ2n) is 8.77. The third-order valence-corrected chi connectivity index (χ3v) is 5.77. The summed E-state index contributed by atoms with van der Waals surface area (Å²) >= 11 is 1.47. The molecule has 31 heavy (non-hydrogen) atoms. The summed E-state index contributed by atoms with van der Waals surface area (Å²) in [5.74, 6) is -0.467. The Morgan fingerprint density at radius 3 is 2.52 bits per heavy atom. The topological polar surface area (TPSA) is 75.4 Å². The van der Waals surface area contributed by atoms with Gasteiger partial charge in [0.05, 0.1) is 11.8 Å². The van der Waals surface area contributed by atoms with Gasteiger partial charge in [-0.25, -0.2) is 0 Å². The van der Waals surface area contributed by atoms with Gasteiger partial charge in [0, 0.05) is 42.5 Å². The number of thiazole rings is 1. The number of hydrogen-bond acceptors (Lipinski definition) is 5. The van der Waals surface area contributed by atoms with Gasteiger partial charge in [0.15, 0.2) is 0 Å². The summed E-state index contributed by atoms with van der Waals surface area (Å²) < 4.78 is 5.37. The fourth-order valence-corrected chi connectivity index (χ4v) is 4.27. The van der Waals surface area contributed by atoms with Gasteiger partial charge in [-0.15, -0.1) is 11.3 Å². The Kier molecular flexibility index (Phi) is 7.85. The predicted octanol–water partition coefficient (Wildman–Crippen LogP) is 4.51. The van der Waals surface area contributed by atoms with Crippen molar-refractivity contribution >= 4 is 34.1 Å². The maximum atomic E-state index is 13.5. The summed E-state index contributed by atoms with van der Waals surface area (Å²) in [4.78, 5) is 33.5. The van der Waals surface area contributed by atoms with Gasteiger partial charge in [-0.3, -0.25) is 14.6 Å². The van der Waals surface area contributed by atoms with Crippen molar-refractivity contribution < 1.29 is 14.0 Å². The minimum Gasteiger partial charge on any atom is -0.464 e. The van der Waals surface area contributed by atoms with E-state index in [4.69, 9.17) is 4.42 Å². The Bertz CT molecular complexity index is 985. The molecule has 2 amide bonds. The molecule has 2 aromatic heterocycles. The van der Waals surface area contributed by atoms with E-state index >= 15 is 0 Å². The zero-order valence-electron chi connectivity index (χ0n) is 18.6. The van der Waals surface area contributed by atoms with E-state index in [2.05, 4.69) is 38.0 Å². The van der Waals surface area contributed by atoms with Crippen LogP contribution in [-0.4, -0.2) is 34.8 Å². The van der Waals surface area contributed by atoms with E-state index in [1.54, 1.807) is 18.0 Å². The van der Waals surface area contributed by atoms with Crippen LogP contribution in [0.25, 0.3) is 11.0 Å². The molecule has 1 N–H and O–H groups in total. The highest BCUT2D eigenvalue weighted by atomic mass is 32.1. The van der Waals surface area contributed by atoms with Crippen LogP contribution in [0.5, 0.6) is 0 Å². The van der Waals surface area contributed by atoms with E-state index < -0.39 is 5.92 Å². The molecule has 166 valence electrons. The number of nitrogens with zero attached hydrogens (tertiary/aromatic N) is 2. The highest BCUT2D eigenvalue weighted by Crippen LogP contribution is 2.19. The fraction of sp³-hybridized carbons (Fsp3) is 0.458. The fourth-order valence-electron chi connectivity index (χ4n) is 3.63. The second-order valence-corrected chi connectivity index (χ2v) is 9.74. The number of amides is 2. The third-order valence-electron chi connectivity index (χ3n) is 4.97. The van der Waals surface area contributed by atoms with Crippen LogP contribution in [0.15, 0.2) is 46.7 Å². The summed E-state index contributed by atoms with van der Waals surface area (Å²) in [6.07, 6.45) is 3.75. The minimum absolute atomic E-state index is 0.112. The first kappa shape index (κ1) is 23.0. The van der Waals surface area contributed by atoms with Gasteiger partial charge in [0.1, 0.15) is 11.5 Å². The van der Waals surface area contributed by atoms with Crippen LogP contribution in [0.2, 0.25) is 0 Å². The van der Waals surface area contributed by atoms with Crippen LogP contribution < -0.4 is 5.32 Å². The summed E-state index contributed by atoms with van der Waals surface area (Å²) in [6, 6.07) is 7.70. The molecule has 1 unspecified atom stereocenters. The molecule has 3 rings (SSSR count). The summed E-state index contributed by atoms with van der Waals surface area (Å²) in [7, 11) is 0. The van der Waals surface area contributed by atoms with Gasteiger partial charge in [0.2, 0.25) is 11.8 Å². The van der Waals surface area contributed by atoms with Crippen molar-refractivity contribution in [3.05, 3.63) is 52.7 Å². The molecule has 0 radical (unpaired) electrons. The first-order valence-electron chi connectivity index (χ1n) is 10.7. The highest BCUT2D eigenvalue weighted by molar-refractivity contribution is 7.09. The first-order chi connectivity index (χ1) is 14.8. The monoisotopic (exact) mass is 441 g/mol. The van der Waals surface area contributed by atoms with Crippen molar-refractivity contribution in [3.8, 4) is 0 Å². The van der Waals surface area contributed by atoms with Crippen molar-refractivity contribution in [1.82, 2.24) is 15.2 Å². The molecule has 0 aliphatic rings. The Hall–Kier alpha value is -2.67. The van der Waals surface area contributed by atoms with Crippen molar-refractivity contribution in [2.75, 3.05) is 13.1 Å². The van der Waals surface area contributed by atoms with Gasteiger partial charge in [-0.05, 0) is 35.6 Å². The molecule has 0 spiro atoms. The van der Waals surface area contributed by atoms with Gasteiger partial charge in [0.25, 0.3) is 0 Å². The average molecular weight is 442 g/mol. The smallest absolute Gasteiger partial charge is 0.235 e. The number of hydrogen-bond donors (Lipinski definition) is 1. The van der Waals surface area contributed by atoms with Crippen LogP contribution >= 0.6 is 11.3 Å².